The topological polar surface area (TPSA) is 87.2 Å². The van der Waals surface area contributed by atoms with E-state index in [4.69, 9.17) is 9.84 Å². The molecule has 124 valence electrons. The Hall–Kier alpha value is -0.700. The van der Waals surface area contributed by atoms with Gasteiger partial charge in [0.2, 0.25) is 0 Å². The first-order chi connectivity index (χ1) is 9.95. The minimum Gasteiger partial charge on any atom is -0.465 e. The second-order valence-electron chi connectivity index (χ2n) is 5.13. The van der Waals surface area contributed by atoms with Gasteiger partial charge in [-0.2, -0.15) is 17.0 Å². The van der Waals surface area contributed by atoms with Gasteiger partial charge in [0, 0.05) is 26.7 Å². The standard InChI is InChI=1S/C13H26N2O5S/c1-3-20-13(17)12-8-7-10-15(12)21(18,19)14(2)9-5-4-6-11-16/h12,16H,3-11H2,1-2H3. The van der Waals surface area contributed by atoms with Crippen LogP contribution in [-0.4, -0.2) is 67.5 Å². The average Bonchev–Trinajstić information content (AvgIpc) is 2.93. The summed E-state index contributed by atoms with van der Waals surface area (Å²) in [6, 6.07) is -0.699. The van der Waals surface area contributed by atoms with Crippen LogP contribution in [0.5, 0.6) is 0 Å². The summed E-state index contributed by atoms with van der Waals surface area (Å²) in [6.45, 7) is 2.81. The van der Waals surface area contributed by atoms with Gasteiger partial charge in [-0.15, -0.1) is 0 Å². The Labute approximate surface area is 127 Å². The van der Waals surface area contributed by atoms with Gasteiger partial charge in [-0.25, -0.2) is 0 Å². The first-order valence-electron chi connectivity index (χ1n) is 7.45. The van der Waals surface area contributed by atoms with Crippen LogP contribution in [0.1, 0.15) is 39.0 Å². The summed E-state index contributed by atoms with van der Waals surface area (Å²) in [7, 11) is -2.11. The van der Waals surface area contributed by atoms with Gasteiger partial charge < -0.3 is 9.84 Å². The van der Waals surface area contributed by atoms with Crippen molar-refractivity contribution in [3.63, 3.8) is 0 Å². The lowest BCUT2D eigenvalue weighted by atomic mass is 10.2. The number of hydrogen-bond acceptors (Lipinski definition) is 5. The van der Waals surface area contributed by atoms with Crippen molar-refractivity contribution in [2.24, 2.45) is 0 Å². The quantitative estimate of drug-likeness (QED) is 0.489. The Balaban J connectivity index is 2.64. The van der Waals surface area contributed by atoms with Crippen molar-refractivity contribution in [1.82, 2.24) is 8.61 Å². The van der Waals surface area contributed by atoms with Crippen molar-refractivity contribution in [3.05, 3.63) is 0 Å². The third-order valence-corrected chi connectivity index (χ3v) is 5.58. The van der Waals surface area contributed by atoms with Crippen molar-refractivity contribution < 1.29 is 23.1 Å². The molecule has 1 fully saturated rings. The van der Waals surface area contributed by atoms with Gasteiger partial charge in [-0.05, 0) is 39.0 Å². The van der Waals surface area contributed by atoms with Crippen LogP contribution in [0.2, 0.25) is 0 Å². The fourth-order valence-electron chi connectivity index (χ4n) is 2.41. The van der Waals surface area contributed by atoms with Gasteiger partial charge in [-0.3, -0.25) is 4.79 Å². The van der Waals surface area contributed by atoms with Gasteiger partial charge in [0.15, 0.2) is 0 Å². The Kier molecular flexibility index (Phi) is 7.58. The van der Waals surface area contributed by atoms with Gasteiger partial charge >= 0.3 is 5.97 Å². The Morgan fingerprint density at radius 1 is 1.38 bits per heavy atom. The Morgan fingerprint density at radius 3 is 2.71 bits per heavy atom. The predicted octanol–water partition coefficient (Wildman–Crippen LogP) is 0.353. The molecule has 0 radical (unpaired) electrons. The normalized spacial score (nSPS) is 20.1. The highest BCUT2D eigenvalue weighted by Crippen LogP contribution is 2.24. The lowest BCUT2D eigenvalue weighted by molar-refractivity contribution is -0.146. The van der Waals surface area contributed by atoms with Crippen LogP contribution in [0.15, 0.2) is 0 Å². The van der Waals surface area contributed by atoms with Gasteiger partial charge in [0.1, 0.15) is 6.04 Å². The lowest BCUT2D eigenvalue weighted by Gasteiger charge is -2.27. The number of carbonyl (C=O) groups is 1. The highest BCUT2D eigenvalue weighted by Gasteiger charge is 2.41. The molecule has 1 aliphatic heterocycles. The molecule has 7 nitrogen and oxygen atoms in total. The van der Waals surface area contributed by atoms with E-state index in [1.807, 2.05) is 0 Å². The van der Waals surface area contributed by atoms with E-state index in [1.165, 1.54) is 15.7 Å². The van der Waals surface area contributed by atoms with Crippen molar-refractivity contribution >= 4 is 16.2 Å². The second-order valence-corrected chi connectivity index (χ2v) is 7.12. The molecular weight excluding hydrogens is 296 g/mol. The van der Waals surface area contributed by atoms with Gasteiger partial charge in [-0.1, -0.05) is 0 Å². The minimum absolute atomic E-state index is 0.119. The zero-order valence-electron chi connectivity index (χ0n) is 12.8. The van der Waals surface area contributed by atoms with E-state index in [2.05, 4.69) is 0 Å². The molecule has 0 spiro atoms. The third-order valence-electron chi connectivity index (χ3n) is 3.58. The van der Waals surface area contributed by atoms with Crippen LogP contribution in [-0.2, 0) is 19.7 Å². The summed E-state index contributed by atoms with van der Waals surface area (Å²) < 4.78 is 32.5. The average molecular weight is 322 g/mol. The van der Waals surface area contributed by atoms with E-state index in [0.29, 0.717) is 38.8 Å². The molecule has 8 heteroatoms. The van der Waals surface area contributed by atoms with Crippen molar-refractivity contribution in [1.29, 1.82) is 0 Å². The molecule has 0 aromatic rings. The van der Waals surface area contributed by atoms with Crippen molar-refractivity contribution in [2.45, 2.75) is 45.1 Å². The molecule has 1 atom stereocenters. The summed E-state index contributed by atoms with van der Waals surface area (Å²) in [5, 5.41) is 8.72. The van der Waals surface area contributed by atoms with E-state index in [0.717, 1.165) is 6.42 Å². The van der Waals surface area contributed by atoms with E-state index in [1.54, 1.807) is 6.92 Å². The number of carbonyl (C=O) groups excluding carboxylic acids is 1. The summed E-state index contributed by atoms with van der Waals surface area (Å²) in [6.07, 6.45) is 3.31. The molecule has 1 aliphatic rings. The molecule has 1 heterocycles. The largest absolute Gasteiger partial charge is 0.465 e. The molecule has 0 aromatic heterocycles. The smallest absolute Gasteiger partial charge is 0.324 e. The highest BCUT2D eigenvalue weighted by molar-refractivity contribution is 7.86. The second kappa shape index (κ2) is 8.67. The number of aliphatic hydroxyl groups is 1. The minimum atomic E-state index is -3.64. The molecule has 0 amide bonds. The Morgan fingerprint density at radius 2 is 2.10 bits per heavy atom. The molecular formula is C13H26N2O5S. The summed E-state index contributed by atoms with van der Waals surface area (Å²) in [5.74, 6) is -0.466. The SMILES string of the molecule is CCOC(=O)C1CCCN1S(=O)(=O)N(C)CCCCCO. The summed E-state index contributed by atoms with van der Waals surface area (Å²) in [4.78, 5) is 11.8. The molecule has 1 N–H and O–H groups in total. The van der Waals surface area contributed by atoms with Gasteiger partial charge in [0.05, 0.1) is 6.61 Å². The molecule has 1 unspecified atom stereocenters. The van der Waals surface area contributed by atoms with Crippen LogP contribution in [0, 0.1) is 0 Å². The third kappa shape index (κ3) is 4.91. The lowest BCUT2D eigenvalue weighted by Crippen LogP contribution is -2.47. The fourth-order valence-corrected chi connectivity index (χ4v) is 4.00. The molecule has 0 aliphatic carbocycles. The van der Waals surface area contributed by atoms with Crippen molar-refractivity contribution in [2.75, 3.05) is 33.4 Å². The van der Waals surface area contributed by atoms with E-state index in [9.17, 15) is 13.2 Å². The van der Waals surface area contributed by atoms with E-state index < -0.39 is 22.2 Å². The van der Waals surface area contributed by atoms with E-state index >= 15 is 0 Å². The van der Waals surface area contributed by atoms with Crippen LogP contribution in [0.25, 0.3) is 0 Å². The number of esters is 1. The summed E-state index contributed by atoms with van der Waals surface area (Å²) >= 11 is 0. The van der Waals surface area contributed by atoms with Crippen LogP contribution in [0.4, 0.5) is 0 Å². The number of nitrogens with zero attached hydrogens (tertiary/aromatic N) is 2. The Bertz CT molecular complexity index is 426. The number of hydrogen-bond donors (Lipinski definition) is 1. The molecule has 21 heavy (non-hydrogen) atoms. The number of unbranched alkanes of at least 4 members (excludes halogenated alkanes) is 2. The first-order valence-corrected chi connectivity index (χ1v) is 8.85. The number of rotatable bonds is 9. The molecule has 1 rings (SSSR count). The van der Waals surface area contributed by atoms with Crippen LogP contribution >= 0.6 is 0 Å². The molecule has 0 saturated carbocycles. The maximum absolute atomic E-state index is 12.5. The monoisotopic (exact) mass is 322 g/mol. The molecule has 1 saturated heterocycles. The van der Waals surface area contributed by atoms with Crippen LogP contribution in [0.3, 0.4) is 0 Å². The number of aliphatic hydroxyl groups excluding tert-OH is 1. The van der Waals surface area contributed by atoms with Gasteiger partial charge in [0.25, 0.3) is 10.2 Å². The maximum atomic E-state index is 12.5. The van der Waals surface area contributed by atoms with Crippen LogP contribution < -0.4 is 0 Å². The zero-order chi connectivity index (χ0) is 15.9. The predicted molar refractivity (Wildman–Crippen MR) is 78.8 cm³/mol. The maximum Gasteiger partial charge on any atom is 0.324 e. The number of ether oxygens (including phenoxy) is 1. The zero-order valence-corrected chi connectivity index (χ0v) is 13.6. The van der Waals surface area contributed by atoms with E-state index in [-0.39, 0.29) is 13.2 Å². The molecule has 0 bridgehead atoms. The molecule has 0 aromatic carbocycles. The van der Waals surface area contributed by atoms with Crippen molar-refractivity contribution in [3.8, 4) is 0 Å². The first kappa shape index (κ1) is 18.3. The highest BCUT2D eigenvalue weighted by atomic mass is 32.2. The fraction of sp³-hybridized carbons (Fsp3) is 0.923. The summed E-state index contributed by atoms with van der Waals surface area (Å²) in [5.41, 5.74) is 0.